The van der Waals surface area contributed by atoms with Crippen molar-refractivity contribution in [3.8, 4) is 0 Å². The Kier molecular flexibility index (Phi) is 3.39. The molecule has 2 heterocycles. The van der Waals surface area contributed by atoms with Crippen molar-refractivity contribution in [1.82, 2.24) is 5.32 Å². The smallest absolute Gasteiger partial charge is 0.0874 e. The standard InChI is InChI=1S/C14H21N3O/c1-16-7-8-17(11-12-10-15-6-9-18-12)14-5-3-2-4-13(14)16/h2-5,12,15H,6-11H2,1H3. The van der Waals surface area contributed by atoms with Crippen molar-refractivity contribution in [2.24, 2.45) is 0 Å². The molecule has 1 atom stereocenters. The van der Waals surface area contributed by atoms with Crippen LogP contribution < -0.4 is 15.1 Å². The zero-order valence-corrected chi connectivity index (χ0v) is 10.9. The van der Waals surface area contributed by atoms with Crippen LogP contribution in [0.25, 0.3) is 0 Å². The van der Waals surface area contributed by atoms with Gasteiger partial charge in [0.25, 0.3) is 0 Å². The summed E-state index contributed by atoms with van der Waals surface area (Å²) in [5.41, 5.74) is 2.66. The summed E-state index contributed by atoms with van der Waals surface area (Å²) in [7, 11) is 2.16. The van der Waals surface area contributed by atoms with Crippen LogP contribution in [0.1, 0.15) is 0 Å². The summed E-state index contributed by atoms with van der Waals surface area (Å²) in [6, 6.07) is 8.63. The van der Waals surface area contributed by atoms with Crippen molar-refractivity contribution >= 4 is 11.4 Å². The molecule has 18 heavy (non-hydrogen) atoms. The molecule has 4 heteroatoms. The molecular formula is C14H21N3O. The number of hydrogen-bond acceptors (Lipinski definition) is 4. The van der Waals surface area contributed by atoms with Gasteiger partial charge in [0.1, 0.15) is 0 Å². The number of ether oxygens (including phenoxy) is 1. The molecule has 2 aliphatic rings. The fourth-order valence-electron chi connectivity index (χ4n) is 2.74. The number of nitrogens with one attached hydrogen (secondary N) is 1. The van der Waals surface area contributed by atoms with Crippen molar-refractivity contribution in [1.29, 1.82) is 0 Å². The van der Waals surface area contributed by atoms with Gasteiger partial charge in [-0.15, -0.1) is 0 Å². The minimum atomic E-state index is 0.315. The van der Waals surface area contributed by atoms with Crippen LogP contribution in [0, 0.1) is 0 Å². The van der Waals surface area contributed by atoms with E-state index in [9.17, 15) is 0 Å². The average molecular weight is 247 g/mol. The highest BCUT2D eigenvalue weighted by atomic mass is 16.5. The molecular weight excluding hydrogens is 226 g/mol. The molecule has 1 fully saturated rings. The molecule has 1 aromatic carbocycles. The van der Waals surface area contributed by atoms with Crippen LogP contribution >= 0.6 is 0 Å². The van der Waals surface area contributed by atoms with Crippen LogP contribution in [0.3, 0.4) is 0 Å². The van der Waals surface area contributed by atoms with Gasteiger partial charge >= 0.3 is 0 Å². The van der Waals surface area contributed by atoms with Gasteiger partial charge in [-0.25, -0.2) is 0 Å². The molecule has 4 nitrogen and oxygen atoms in total. The highest BCUT2D eigenvalue weighted by Crippen LogP contribution is 2.31. The fourth-order valence-corrected chi connectivity index (χ4v) is 2.74. The number of anilines is 2. The van der Waals surface area contributed by atoms with E-state index in [0.29, 0.717) is 6.10 Å². The molecule has 0 aromatic heterocycles. The Morgan fingerprint density at radius 1 is 1.28 bits per heavy atom. The minimum Gasteiger partial charge on any atom is -0.374 e. The summed E-state index contributed by atoms with van der Waals surface area (Å²) in [6.45, 7) is 5.92. The first-order valence-electron chi connectivity index (χ1n) is 6.72. The Morgan fingerprint density at radius 3 is 2.89 bits per heavy atom. The van der Waals surface area contributed by atoms with Crippen molar-refractivity contribution in [3.63, 3.8) is 0 Å². The maximum Gasteiger partial charge on any atom is 0.0874 e. The molecule has 3 rings (SSSR count). The average Bonchev–Trinajstić information content (AvgIpc) is 2.44. The summed E-state index contributed by atoms with van der Waals surface area (Å²) in [5, 5.41) is 3.40. The Hall–Kier alpha value is -1.26. The molecule has 1 N–H and O–H groups in total. The van der Waals surface area contributed by atoms with Crippen molar-refractivity contribution in [3.05, 3.63) is 24.3 Å². The van der Waals surface area contributed by atoms with E-state index in [1.54, 1.807) is 0 Å². The predicted octanol–water partition coefficient (Wildman–Crippen LogP) is 0.931. The second kappa shape index (κ2) is 5.16. The molecule has 1 aromatic rings. The third-order valence-corrected chi connectivity index (χ3v) is 3.77. The number of benzene rings is 1. The first-order valence-corrected chi connectivity index (χ1v) is 6.72. The van der Waals surface area contributed by atoms with Gasteiger partial charge in [-0.1, -0.05) is 12.1 Å². The zero-order chi connectivity index (χ0) is 12.4. The monoisotopic (exact) mass is 247 g/mol. The van der Waals surface area contributed by atoms with Crippen molar-refractivity contribution < 1.29 is 4.74 Å². The number of fused-ring (bicyclic) bond motifs is 1. The van der Waals surface area contributed by atoms with Gasteiger partial charge < -0.3 is 19.9 Å². The molecule has 0 aliphatic carbocycles. The summed E-state index contributed by atoms with van der Waals surface area (Å²) in [5.74, 6) is 0. The van der Waals surface area contributed by atoms with Gasteiger partial charge in [0.05, 0.1) is 24.1 Å². The van der Waals surface area contributed by atoms with E-state index in [-0.39, 0.29) is 0 Å². The maximum absolute atomic E-state index is 5.80. The third kappa shape index (κ3) is 2.31. The molecule has 0 saturated carbocycles. The Labute approximate surface area is 109 Å². The van der Waals surface area contributed by atoms with E-state index in [1.165, 1.54) is 11.4 Å². The molecule has 0 bridgehead atoms. The number of morpholine rings is 1. The van der Waals surface area contributed by atoms with Crippen LogP contribution in [0.4, 0.5) is 11.4 Å². The van der Waals surface area contributed by atoms with Gasteiger partial charge in [0.2, 0.25) is 0 Å². The fraction of sp³-hybridized carbons (Fsp3) is 0.571. The summed E-state index contributed by atoms with van der Waals surface area (Å²) >= 11 is 0. The van der Waals surface area contributed by atoms with Gasteiger partial charge in [-0.3, -0.25) is 0 Å². The Bertz CT molecular complexity index is 404. The lowest BCUT2D eigenvalue weighted by molar-refractivity contribution is 0.0333. The molecule has 0 radical (unpaired) electrons. The number of rotatable bonds is 2. The summed E-state index contributed by atoms with van der Waals surface area (Å²) in [4.78, 5) is 4.78. The second-order valence-electron chi connectivity index (χ2n) is 5.05. The van der Waals surface area contributed by atoms with E-state index >= 15 is 0 Å². The van der Waals surface area contributed by atoms with Crippen molar-refractivity contribution in [2.45, 2.75) is 6.10 Å². The lowest BCUT2D eigenvalue weighted by Gasteiger charge is -2.39. The maximum atomic E-state index is 5.80. The highest BCUT2D eigenvalue weighted by Gasteiger charge is 2.23. The number of hydrogen-bond donors (Lipinski definition) is 1. The van der Waals surface area contributed by atoms with Crippen molar-refractivity contribution in [2.75, 3.05) is 56.2 Å². The van der Waals surface area contributed by atoms with Gasteiger partial charge in [0.15, 0.2) is 0 Å². The summed E-state index contributed by atoms with van der Waals surface area (Å²) < 4.78 is 5.80. The van der Waals surface area contributed by atoms with Crippen LogP contribution in [0.5, 0.6) is 0 Å². The lowest BCUT2D eigenvalue weighted by Crippen LogP contribution is -2.48. The van der Waals surface area contributed by atoms with Crippen LogP contribution in [0.2, 0.25) is 0 Å². The quantitative estimate of drug-likeness (QED) is 0.841. The molecule has 1 saturated heterocycles. The predicted molar refractivity (Wildman–Crippen MR) is 74.5 cm³/mol. The van der Waals surface area contributed by atoms with Gasteiger partial charge in [-0.05, 0) is 12.1 Å². The van der Waals surface area contributed by atoms with E-state index < -0.39 is 0 Å². The topological polar surface area (TPSA) is 27.7 Å². The van der Waals surface area contributed by atoms with Gasteiger partial charge in [0, 0.05) is 39.8 Å². The van der Waals surface area contributed by atoms with Crippen LogP contribution in [0.15, 0.2) is 24.3 Å². The third-order valence-electron chi connectivity index (χ3n) is 3.77. The van der Waals surface area contributed by atoms with E-state index in [2.05, 4.69) is 46.4 Å². The van der Waals surface area contributed by atoms with E-state index in [4.69, 9.17) is 4.74 Å². The SMILES string of the molecule is CN1CCN(CC2CNCCO2)c2ccccc21. The second-order valence-corrected chi connectivity index (χ2v) is 5.05. The first kappa shape index (κ1) is 11.8. The van der Waals surface area contributed by atoms with E-state index in [0.717, 1.165) is 39.3 Å². The highest BCUT2D eigenvalue weighted by molar-refractivity contribution is 5.73. The zero-order valence-electron chi connectivity index (χ0n) is 10.9. The number of para-hydroxylation sites is 2. The molecule has 0 amide bonds. The van der Waals surface area contributed by atoms with E-state index in [1.807, 2.05) is 0 Å². The molecule has 0 spiro atoms. The van der Waals surface area contributed by atoms with Crippen LogP contribution in [-0.4, -0.2) is 52.5 Å². The summed E-state index contributed by atoms with van der Waals surface area (Å²) in [6.07, 6.45) is 0.315. The number of nitrogens with zero attached hydrogens (tertiary/aromatic N) is 2. The van der Waals surface area contributed by atoms with Crippen LogP contribution in [-0.2, 0) is 4.74 Å². The molecule has 1 unspecified atom stereocenters. The Balaban J connectivity index is 1.75. The molecule has 2 aliphatic heterocycles. The number of likely N-dealkylation sites (N-methyl/N-ethyl adjacent to an activating group) is 1. The van der Waals surface area contributed by atoms with Gasteiger partial charge in [-0.2, -0.15) is 0 Å². The lowest BCUT2D eigenvalue weighted by atomic mass is 10.1. The molecule has 98 valence electrons. The normalized spacial score (nSPS) is 23.9. The minimum absolute atomic E-state index is 0.315. The Morgan fingerprint density at radius 2 is 2.11 bits per heavy atom. The first-order chi connectivity index (χ1) is 8.84. The largest absolute Gasteiger partial charge is 0.374 e.